The lowest BCUT2D eigenvalue weighted by Crippen LogP contribution is -1.95. The molecule has 0 fully saturated rings. The van der Waals surface area contributed by atoms with Crippen LogP contribution in [-0.2, 0) is 0 Å². The summed E-state index contributed by atoms with van der Waals surface area (Å²) in [5, 5.41) is 5.98. The quantitative estimate of drug-likeness (QED) is 0.204. The van der Waals surface area contributed by atoms with Crippen LogP contribution in [0.5, 0.6) is 0 Å². The van der Waals surface area contributed by atoms with Gasteiger partial charge in [-0.1, -0.05) is 140 Å². The molecule has 0 aliphatic rings. The Morgan fingerprint density at radius 1 is 0.422 bits per heavy atom. The van der Waals surface area contributed by atoms with Crippen molar-refractivity contribution in [3.05, 3.63) is 158 Å². The predicted octanol–water partition coefficient (Wildman–Crippen LogP) is 11.8. The molecule has 9 aromatic rings. The van der Waals surface area contributed by atoms with Crippen molar-refractivity contribution in [1.29, 1.82) is 0 Å². The van der Waals surface area contributed by atoms with Crippen LogP contribution >= 0.6 is 11.3 Å². The third-order valence-electron chi connectivity index (χ3n) is 8.67. The van der Waals surface area contributed by atoms with E-state index in [1.54, 1.807) is 11.3 Å². The molecule has 0 spiro atoms. The van der Waals surface area contributed by atoms with Gasteiger partial charge in [-0.3, -0.25) is 0 Å². The summed E-state index contributed by atoms with van der Waals surface area (Å²) in [6.45, 7) is 0. The van der Waals surface area contributed by atoms with Crippen molar-refractivity contribution in [3.8, 4) is 44.9 Å². The number of fused-ring (bicyclic) bond motifs is 6. The van der Waals surface area contributed by atoms with E-state index in [0.29, 0.717) is 0 Å². The number of rotatable bonds is 4. The van der Waals surface area contributed by atoms with E-state index in [1.807, 2.05) is 0 Å². The van der Waals surface area contributed by atoms with Gasteiger partial charge in [0, 0.05) is 21.2 Å². The fourth-order valence-corrected chi connectivity index (χ4v) is 7.67. The molecule has 0 aliphatic carbocycles. The maximum atomic E-state index is 5.37. The van der Waals surface area contributed by atoms with Crippen molar-refractivity contribution >= 4 is 53.2 Å². The normalized spacial score (nSPS) is 11.6. The highest BCUT2D eigenvalue weighted by Crippen LogP contribution is 2.43. The van der Waals surface area contributed by atoms with Crippen LogP contribution in [-0.4, -0.2) is 9.97 Å². The zero-order valence-corrected chi connectivity index (χ0v) is 25.1. The highest BCUT2D eigenvalue weighted by atomic mass is 32.1. The second-order valence-corrected chi connectivity index (χ2v) is 12.4. The zero-order chi connectivity index (χ0) is 29.7. The van der Waals surface area contributed by atoms with Gasteiger partial charge in [-0.05, 0) is 62.0 Å². The van der Waals surface area contributed by atoms with E-state index in [4.69, 9.17) is 9.97 Å². The maximum absolute atomic E-state index is 5.37. The summed E-state index contributed by atoms with van der Waals surface area (Å²) in [4.78, 5) is 10.7. The minimum atomic E-state index is 0.749. The SMILES string of the molecule is c1ccc(-c2cccc(-c3cccc(-c4nc(-c5cccc6ccccc56)nc5c4sc4ccc6ccccc6c45)c3)c2)cc1. The molecule has 0 radical (unpaired) electrons. The fourth-order valence-electron chi connectivity index (χ4n) is 6.50. The number of aromatic nitrogens is 2. The van der Waals surface area contributed by atoms with E-state index in [1.165, 1.54) is 42.9 Å². The average Bonchev–Trinajstić information content (AvgIpc) is 3.51. The Kier molecular flexibility index (Phi) is 6.03. The number of nitrogens with zero attached hydrogens (tertiary/aromatic N) is 2. The molecule has 2 heterocycles. The Balaban J connectivity index is 1.30. The van der Waals surface area contributed by atoms with Gasteiger partial charge < -0.3 is 0 Å². The average molecular weight is 591 g/mol. The van der Waals surface area contributed by atoms with Crippen LogP contribution in [0.15, 0.2) is 158 Å². The van der Waals surface area contributed by atoms with Gasteiger partial charge in [0.05, 0.1) is 15.9 Å². The van der Waals surface area contributed by atoms with Crippen molar-refractivity contribution in [2.45, 2.75) is 0 Å². The third kappa shape index (κ3) is 4.40. The van der Waals surface area contributed by atoms with E-state index >= 15 is 0 Å². The van der Waals surface area contributed by atoms with Gasteiger partial charge in [-0.15, -0.1) is 11.3 Å². The Bertz CT molecular complexity index is 2540. The van der Waals surface area contributed by atoms with Gasteiger partial charge >= 0.3 is 0 Å². The molecule has 7 aromatic carbocycles. The highest BCUT2D eigenvalue weighted by Gasteiger charge is 2.19. The molecule has 0 aliphatic heterocycles. The Hall–Kier alpha value is -5.64. The monoisotopic (exact) mass is 590 g/mol. The smallest absolute Gasteiger partial charge is 0.161 e. The van der Waals surface area contributed by atoms with Crippen LogP contribution in [0.4, 0.5) is 0 Å². The summed E-state index contributed by atoms with van der Waals surface area (Å²) in [6, 6.07) is 56.1. The molecule has 45 heavy (non-hydrogen) atoms. The molecule has 0 N–H and O–H groups in total. The molecule has 0 bridgehead atoms. The lowest BCUT2D eigenvalue weighted by molar-refractivity contribution is 1.25. The van der Waals surface area contributed by atoms with Gasteiger partial charge in [0.1, 0.15) is 0 Å². The minimum absolute atomic E-state index is 0.749. The van der Waals surface area contributed by atoms with E-state index in [2.05, 4.69) is 158 Å². The number of hydrogen-bond donors (Lipinski definition) is 0. The Labute approximate surface area is 264 Å². The lowest BCUT2D eigenvalue weighted by atomic mass is 9.97. The summed E-state index contributed by atoms with van der Waals surface area (Å²) in [6.07, 6.45) is 0. The summed E-state index contributed by atoms with van der Waals surface area (Å²) in [5.41, 5.74) is 8.87. The van der Waals surface area contributed by atoms with Crippen molar-refractivity contribution in [1.82, 2.24) is 9.97 Å². The van der Waals surface area contributed by atoms with Gasteiger partial charge in [0.15, 0.2) is 5.82 Å². The van der Waals surface area contributed by atoms with Crippen LogP contribution in [0.1, 0.15) is 0 Å². The molecule has 0 atom stereocenters. The molecular formula is C42H26N2S. The van der Waals surface area contributed by atoms with Crippen molar-refractivity contribution in [2.75, 3.05) is 0 Å². The van der Waals surface area contributed by atoms with Crippen LogP contribution < -0.4 is 0 Å². The second kappa shape index (κ2) is 10.5. The molecule has 9 rings (SSSR count). The zero-order valence-electron chi connectivity index (χ0n) is 24.3. The van der Waals surface area contributed by atoms with E-state index < -0.39 is 0 Å². The van der Waals surface area contributed by atoms with Gasteiger partial charge in [0.2, 0.25) is 0 Å². The molecular weight excluding hydrogens is 565 g/mol. The van der Waals surface area contributed by atoms with E-state index in [-0.39, 0.29) is 0 Å². The Morgan fingerprint density at radius 2 is 1.00 bits per heavy atom. The molecule has 0 saturated carbocycles. The molecule has 0 unspecified atom stereocenters. The minimum Gasteiger partial charge on any atom is -0.226 e. The van der Waals surface area contributed by atoms with Gasteiger partial charge in [-0.2, -0.15) is 0 Å². The number of thiophene rings is 1. The first-order valence-electron chi connectivity index (χ1n) is 15.2. The largest absolute Gasteiger partial charge is 0.226 e. The summed E-state index contributed by atoms with van der Waals surface area (Å²) < 4.78 is 2.33. The van der Waals surface area contributed by atoms with Crippen molar-refractivity contribution in [2.24, 2.45) is 0 Å². The van der Waals surface area contributed by atoms with Crippen molar-refractivity contribution < 1.29 is 0 Å². The fraction of sp³-hybridized carbons (Fsp3) is 0. The lowest BCUT2D eigenvalue weighted by Gasteiger charge is -2.11. The highest BCUT2D eigenvalue weighted by molar-refractivity contribution is 7.26. The third-order valence-corrected chi connectivity index (χ3v) is 9.83. The predicted molar refractivity (Wildman–Crippen MR) is 192 cm³/mol. The van der Waals surface area contributed by atoms with Crippen LogP contribution in [0.2, 0.25) is 0 Å². The second-order valence-electron chi connectivity index (χ2n) is 11.4. The summed E-state index contributed by atoms with van der Waals surface area (Å²) >= 11 is 1.78. The maximum Gasteiger partial charge on any atom is 0.161 e. The standard InChI is InChI=1S/C42H26N2S/c1-2-11-27(12-3-1)30-16-8-17-31(25-30)32-18-9-19-33(26-32)39-41-40(38-35-21-7-5-14-29(35)23-24-37(38)45-41)44-42(43-39)36-22-10-15-28-13-4-6-20-34(28)36/h1-26H. The van der Waals surface area contributed by atoms with Crippen molar-refractivity contribution in [3.63, 3.8) is 0 Å². The van der Waals surface area contributed by atoms with E-state index in [9.17, 15) is 0 Å². The molecule has 2 aromatic heterocycles. The molecule has 0 amide bonds. The van der Waals surface area contributed by atoms with E-state index in [0.717, 1.165) is 43.8 Å². The molecule has 2 nitrogen and oxygen atoms in total. The van der Waals surface area contributed by atoms with Crippen LogP contribution in [0.3, 0.4) is 0 Å². The Morgan fingerprint density at radius 3 is 1.80 bits per heavy atom. The summed E-state index contributed by atoms with van der Waals surface area (Å²) in [7, 11) is 0. The topological polar surface area (TPSA) is 25.8 Å². The number of benzene rings is 7. The molecule has 210 valence electrons. The van der Waals surface area contributed by atoms with Crippen LogP contribution in [0, 0.1) is 0 Å². The van der Waals surface area contributed by atoms with Gasteiger partial charge in [0.25, 0.3) is 0 Å². The number of hydrogen-bond acceptors (Lipinski definition) is 3. The molecule has 0 saturated heterocycles. The first-order valence-corrected chi connectivity index (χ1v) is 16.0. The first-order chi connectivity index (χ1) is 22.3. The molecule has 3 heteroatoms. The van der Waals surface area contributed by atoms with Gasteiger partial charge in [-0.25, -0.2) is 9.97 Å². The first kappa shape index (κ1) is 25.8. The van der Waals surface area contributed by atoms with Crippen LogP contribution in [0.25, 0.3) is 86.7 Å². The summed E-state index contributed by atoms with van der Waals surface area (Å²) in [5.74, 6) is 0.749.